The van der Waals surface area contributed by atoms with Gasteiger partial charge in [0.1, 0.15) is 6.29 Å². The van der Waals surface area contributed by atoms with Crippen molar-refractivity contribution in [2.45, 2.75) is 19.4 Å². The molecule has 0 aromatic carbocycles. The lowest BCUT2D eigenvalue weighted by molar-refractivity contribution is -0.112. The highest BCUT2D eigenvalue weighted by Crippen LogP contribution is 2.19. The summed E-state index contributed by atoms with van der Waals surface area (Å²) in [5, 5.41) is 3.95. The van der Waals surface area contributed by atoms with E-state index in [9.17, 15) is 4.79 Å². The average molecular weight is 261 g/mol. The number of likely N-dealkylation sites (tertiary alicyclic amines) is 1. The van der Waals surface area contributed by atoms with Crippen molar-refractivity contribution >= 4 is 6.29 Å². The van der Waals surface area contributed by atoms with Crippen LogP contribution in [0.3, 0.4) is 0 Å². The molecule has 0 bridgehead atoms. The predicted octanol–water partition coefficient (Wildman–Crippen LogP) is 1.74. The fourth-order valence-corrected chi connectivity index (χ4v) is 2.27. The van der Waals surface area contributed by atoms with Crippen LogP contribution in [0.1, 0.15) is 18.7 Å². The number of furan rings is 1. The zero-order chi connectivity index (χ0) is 13.1. The van der Waals surface area contributed by atoms with Crippen molar-refractivity contribution < 1.29 is 13.7 Å². The summed E-state index contributed by atoms with van der Waals surface area (Å²) in [5.74, 6) is 1.84. The Morgan fingerprint density at radius 1 is 1.42 bits per heavy atom. The van der Waals surface area contributed by atoms with E-state index in [0.717, 1.165) is 32.2 Å². The molecule has 0 atom stereocenters. The number of aromatic nitrogens is 2. The summed E-state index contributed by atoms with van der Waals surface area (Å²) in [6.45, 7) is 2.44. The molecular weight excluding hydrogens is 246 g/mol. The molecule has 2 aromatic heterocycles. The van der Waals surface area contributed by atoms with Crippen LogP contribution in [0.15, 0.2) is 27.3 Å². The zero-order valence-corrected chi connectivity index (χ0v) is 10.5. The van der Waals surface area contributed by atoms with Crippen LogP contribution >= 0.6 is 0 Å². The minimum absolute atomic E-state index is 0.209. The molecule has 0 radical (unpaired) electrons. The second-order valence-electron chi connectivity index (χ2n) is 4.74. The predicted molar refractivity (Wildman–Crippen MR) is 66.1 cm³/mol. The maximum Gasteiger partial charge on any atom is 0.293 e. The van der Waals surface area contributed by atoms with E-state index < -0.39 is 0 Å². The Labute approximate surface area is 110 Å². The van der Waals surface area contributed by atoms with E-state index in [1.165, 1.54) is 0 Å². The molecule has 1 saturated heterocycles. The molecule has 0 saturated carbocycles. The van der Waals surface area contributed by atoms with Crippen molar-refractivity contribution in [2.75, 3.05) is 13.1 Å². The number of carbonyl (C=O) groups excluding carboxylic acids is 1. The summed E-state index contributed by atoms with van der Waals surface area (Å²) in [5.41, 5.74) is 0. The van der Waals surface area contributed by atoms with Crippen molar-refractivity contribution in [3.63, 3.8) is 0 Å². The lowest BCUT2D eigenvalue weighted by Crippen LogP contribution is -2.33. The van der Waals surface area contributed by atoms with Gasteiger partial charge in [0.25, 0.3) is 5.89 Å². The van der Waals surface area contributed by atoms with Crippen molar-refractivity contribution in [3.8, 4) is 11.7 Å². The number of piperidine rings is 1. The molecule has 0 unspecified atom stereocenters. The Morgan fingerprint density at radius 2 is 2.26 bits per heavy atom. The lowest BCUT2D eigenvalue weighted by Gasteiger charge is -2.28. The second kappa shape index (κ2) is 5.36. The number of hydrogen-bond donors (Lipinski definition) is 0. The fourth-order valence-electron chi connectivity index (χ4n) is 2.27. The molecule has 100 valence electrons. The fraction of sp³-hybridized carbons (Fsp3) is 0.462. The largest absolute Gasteiger partial charge is 0.459 e. The number of nitrogens with zero attached hydrogens (tertiary/aromatic N) is 3. The summed E-state index contributed by atoms with van der Waals surface area (Å²) in [7, 11) is 0. The van der Waals surface area contributed by atoms with Crippen LogP contribution < -0.4 is 0 Å². The van der Waals surface area contributed by atoms with Gasteiger partial charge in [0.05, 0.1) is 12.8 Å². The molecular formula is C13H15N3O3. The van der Waals surface area contributed by atoms with Gasteiger partial charge in [0, 0.05) is 5.92 Å². The number of hydrogen-bond acceptors (Lipinski definition) is 6. The van der Waals surface area contributed by atoms with Crippen molar-refractivity contribution in [1.29, 1.82) is 0 Å². The van der Waals surface area contributed by atoms with E-state index in [2.05, 4.69) is 15.0 Å². The first kappa shape index (κ1) is 12.1. The Bertz CT molecular complexity index is 527. The molecule has 0 N–H and O–H groups in total. The molecule has 0 spiro atoms. The molecule has 19 heavy (non-hydrogen) atoms. The summed E-state index contributed by atoms with van der Waals surface area (Å²) in [6.07, 6.45) is 4.45. The molecule has 6 nitrogen and oxygen atoms in total. The van der Waals surface area contributed by atoms with Gasteiger partial charge in [-0.25, -0.2) is 0 Å². The van der Waals surface area contributed by atoms with Gasteiger partial charge in [-0.3, -0.25) is 4.90 Å². The highest BCUT2D eigenvalue weighted by molar-refractivity contribution is 5.53. The van der Waals surface area contributed by atoms with Gasteiger partial charge in [-0.2, -0.15) is 4.98 Å². The number of rotatable bonds is 4. The van der Waals surface area contributed by atoms with Gasteiger partial charge in [-0.05, 0) is 38.1 Å². The smallest absolute Gasteiger partial charge is 0.293 e. The quantitative estimate of drug-likeness (QED) is 0.780. The summed E-state index contributed by atoms with van der Waals surface area (Å²) in [4.78, 5) is 17.2. The van der Waals surface area contributed by atoms with Crippen LogP contribution in [0, 0.1) is 5.92 Å². The molecule has 0 amide bonds. The van der Waals surface area contributed by atoms with Crippen molar-refractivity contribution in [2.24, 2.45) is 5.92 Å². The maximum absolute atomic E-state index is 10.7. The topological polar surface area (TPSA) is 72.4 Å². The molecule has 1 aliphatic heterocycles. The van der Waals surface area contributed by atoms with Crippen LogP contribution in [-0.2, 0) is 11.3 Å². The van der Waals surface area contributed by atoms with Crippen LogP contribution in [0.25, 0.3) is 11.7 Å². The molecule has 1 fully saturated rings. The van der Waals surface area contributed by atoms with Crippen LogP contribution in [0.2, 0.25) is 0 Å². The van der Waals surface area contributed by atoms with Crippen LogP contribution in [0.5, 0.6) is 0 Å². The third kappa shape index (κ3) is 2.73. The van der Waals surface area contributed by atoms with E-state index in [1.54, 1.807) is 18.4 Å². The molecule has 0 aliphatic carbocycles. The molecule has 2 aromatic rings. The lowest BCUT2D eigenvalue weighted by atomic mass is 9.99. The second-order valence-corrected chi connectivity index (χ2v) is 4.74. The van der Waals surface area contributed by atoms with Crippen molar-refractivity contribution in [3.05, 3.63) is 24.2 Å². The molecule has 3 heterocycles. The highest BCUT2D eigenvalue weighted by Gasteiger charge is 2.20. The monoisotopic (exact) mass is 261 g/mol. The van der Waals surface area contributed by atoms with Gasteiger partial charge < -0.3 is 13.7 Å². The van der Waals surface area contributed by atoms with Gasteiger partial charge in [-0.15, -0.1) is 0 Å². The van der Waals surface area contributed by atoms with Crippen molar-refractivity contribution in [1.82, 2.24) is 15.0 Å². The minimum Gasteiger partial charge on any atom is -0.459 e. The van der Waals surface area contributed by atoms with E-state index in [-0.39, 0.29) is 5.92 Å². The first-order chi connectivity index (χ1) is 9.35. The summed E-state index contributed by atoms with van der Waals surface area (Å²) < 4.78 is 10.4. The summed E-state index contributed by atoms with van der Waals surface area (Å²) >= 11 is 0. The Morgan fingerprint density at radius 3 is 2.95 bits per heavy atom. The van der Waals surface area contributed by atoms with Crippen LogP contribution in [-0.4, -0.2) is 34.4 Å². The minimum atomic E-state index is 0.209. The highest BCUT2D eigenvalue weighted by atomic mass is 16.5. The first-order valence-electron chi connectivity index (χ1n) is 6.39. The Kier molecular flexibility index (Phi) is 3.41. The van der Waals surface area contributed by atoms with Gasteiger partial charge in [0.15, 0.2) is 11.6 Å². The number of aldehydes is 1. The standard InChI is InChI=1S/C13H15N3O3/c17-9-10-3-5-16(6-4-10)8-12-14-13(19-15-12)11-2-1-7-18-11/h1-2,7,9-10H,3-6,8H2. The molecule has 3 rings (SSSR count). The Balaban J connectivity index is 1.60. The van der Waals surface area contributed by atoms with E-state index in [4.69, 9.17) is 8.94 Å². The average Bonchev–Trinajstić information content (AvgIpc) is 3.10. The third-order valence-corrected chi connectivity index (χ3v) is 3.39. The van der Waals surface area contributed by atoms with E-state index in [1.807, 2.05) is 0 Å². The zero-order valence-electron chi connectivity index (χ0n) is 10.5. The third-order valence-electron chi connectivity index (χ3n) is 3.39. The SMILES string of the molecule is O=CC1CCN(Cc2noc(-c3ccco3)n2)CC1. The molecule has 1 aliphatic rings. The first-order valence-corrected chi connectivity index (χ1v) is 6.39. The normalized spacial score (nSPS) is 17.7. The van der Waals surface area contributed by atoms with Crippen LogP contribution in [0.4, 0.5) is 0 Å². The summed E-state index contributed by atoms with van der Waals surface area (Å²) in [6, 6.07) is 3.57. The van der Waals surface area contributed by atoms with E-state index in [0.29, 0.717) is 24.0 Å². The van der Waals surface area contributed by atoms with Gasteiger partial charge in [0.2, 0.25) is 0 Å². The Hall–Kier alpha value is -1.95. The van der Waals surface area contributed by atoms with Gasteiger partial charge in [-0.1, -0.05) is 5.16 Å². The van der Waals surface area contributed by atoms with E-state index >= 15 is 0 Å². The maximum atomic E-state index is 10.7. The van der Waals surface area contributed by atoms with Gasteiger partial charge >= 0.3 is 0 Å². The number of carbonyl (C=O) groups is 1. The molecule has 6 heteroatoms.